The molecule has 0 aliphatic carbocycles. The Hall–Kier alpha value is -1.10. The maximum atomic E-state index is 11.1. The second-order valence-electron chi connectivity index (χ2n) is 4.73. The highest BCUT2D eigenvalue weighted by molar-refractivity contribution is 5.67. The molecule has 3 atom stereocenters. The quantitative estimate of drug-likeness (QED) is 0.722. The second kappa shape index (κ2) is 5.69. The third-order valence-electron chi connectivity index (χ3n) is 3.72. The zero-order valence-electron chi connectivity index (χ0n) is 11.7. The molecule has 0 aromatic carbocycles. The van der Waals surface area contributed by atoms with Crippen LogP contribution in [0.4, 0.5) is 0 Å². The molecule has 0 aromatic rings. The Kier molecular flexibility index (Phi) is 4.73. The van der Waals surface area contributed by atoms with Gasteiger partial charge in [-0.1, -0.05) is 20.8 Å². The van der Waals surface area contributed by atoms with Gasteiger partial charge in [0.05, 0.1) is 5.60 Å². The maximum Gasteiger partial charge on any atom is 0.305 e. The highest BCUT2D eigenvalue weighted by Gasteiger charge is 2.53. The molecule has 1 aliphatic heterocycles. The van der Waals surface area contributed by atoms with Crippen LogP contribution in [0.1, 0.15) is 47.5 Å². The molecule has 1 saturated heterocycles. The van der Waals surface area contributed by atoms with Gasteiger partial charge in [0.1, 0.15) is 0 Å². The van der Waals surface area contributed by atoms with Gasteiger partial charge in [-0.25, -0.2) is 0 Å². The predicted octanol–water partition coefficient (Wildman–Crippen LogP) is 2.03. The Labute approximate surface area is 108 Å². The number of rotatable bonds is 4. The van der Waals surface area contributed by atoms with E-state index in [1.165, 1.54) is 13.8 Å². The number of hydrogen-bond acceptors (Lipinski definition) is 5. The minimum absolute atomic E-state index is 0.0132. The summed E-state index contributed by atoms with van der Waals surface area (Å²) in [5, 5.41) is 0. The Morgan fingerprint density at radius 2 is 1.61 bits per heavy atom. The van der Waals surface area contributed by atoms with Crippen LogP contribution in [0.3, 0.4) is 0 Å². The smallest absolute Gasteiger partial charge is 0.305 e. The molecule has 0 aromatic heterocycles. The number of esters is 2. The van der Waals surface area contributed by atoms with Gasteiger partial charge in [-0.3, -0.25) is 9.59 Å². The lowest BCUT2D eigenvalue weighted by Gasteiger charge is -2.30. The van der Waals surface area contributed by atoms with Crippen LogP contribution in [0.2, 0.25) is 0 Å². The van der Waals surface area contributed by atoms with E-state index in [0.29, 0.717) is 0 Å². The van der Waals surface area contributed by atoms with Crippen LogP contribution in [-0.2, 0) is 23.8 Å². The lowest BCUT2D eigenvalue weighted by molar-refractivity contribution is -0.205. The minimum atomic E-state index is -0.804. The Balaban J connectivity index is 2.94. The first-order valence-corrected chi connectivity index (χ1v) is 6.38. The van der Waals surface area contributed by atoms with Gasteiger partial charge >= 0.3 is 11.9 Å². The first kappa shape index (κ1) is 15.0. The molecule has 0 amide bonds. The molecule has 0 spiro atoms. The third-order valence-corrected chi connectivity index (χ3v) is 3.72. The first-order valence-electron chi connectivity index (χ1n) is 6.38. The van der Waals surface area contributed by atoms with E-state index in [1.807, 2.05) is 20.8 Å². The summed E-state index contributed by atoms with van der Waals surface area (Å²) >= 11 is 0. The fourth-order valence-corrected chi connectivity index (χ4v) is 2.61. The molecule has 5 nitrogen and oxygen atoms in total. The summed E-state index contributed by atoms with van der Waals surface area (Å²) in [6.45, 7) is 8.65. The van der Waals surface area contributed by atoms with Crippen LogP contribution < -0.4 is 0 Å². The molecule has 104 valence electrons. The van der Waals surface area contributed by atoms with E-state index in [1.54, 1.807) is 0 Å². The Bertz CT molecular complexity index is 321. The van der Waals surface area contributed by atoms with E-state index >= 15 is 0 Å². The molecule has 0 bridgehead atoms. The van der Waals surface area contributed by atoms with E-state index < -0.39 is 29.9 Å². The normalized spacial score (nSPS) is 29.9. The lowest BCUT2D eigenvalue weighted by atomic mass is 9.83. The standard InChI is InChI=1S/C13H22O5/c1-6-13(7-2)8(3)11(16-9(4)14)12(18-13)17-10(5)15/h8,11-12H,6-7H2,1-5H3/t8-,11?,12?/m1/s1. The van der Waals surface area contributed by atoms with Crippen molar-refractivity contribution in [2.45, 2.75) is 65.5 Å². The van der Waals surface area contributed by atoms with Crippen molar-refractivity contribution < 1.29 is 23.8 Å². The van der Waals surface area contributed by atoms with E-state index in [4.69, 9.17) is 14.2 Å². The topological polar surface area (TPSA) is 61.8 Å². The van der Waals surface area contributed by atoms with Gasteiger partial charge in [0.15, 0.2) is 6.10 Å². The second-order valence-corrected chi connectivity index (χ2v) is 4.73. The predicted molar refractivity (Wildman–Crippen MR) is 64.7 cm³/mol. The monoisotopic (exact) mass is 258 g/mol. The van der Waals surface area contributed by atoms with Crippen molar-refractivity contribution in [2.24, 2.45) is 5.92 Å². The summed E-state index contributed by atoms with van der Waals surface area (Å²) in [4.78, 5) is 22.2. The number of hydrogen-bond donors (Lipinski definition) is 0. The van der Waals surface area contributed by atoms with Crippen LogP contribution in [0, 0.1) is 5.92 Å². The van der Waals surface area contributed by atoms with Crippen molar-refractivity contribution in [1.29, 1.82) is 0 Å². The summed E-state index contributed by atoms with van der Waals surface area (Å²) in [6, 6.07) is 0. The molecular formula is C13H22O5. The highest BCUT2D eigenvalue weighted by Crippen LogP contribution is 2.43. The molecule has 1 aliphatic rings. The molecule has 5 heteroatoms. The zero-order chi connectivity index (χ0) is 13.9. The molecule has 18 heavy (non-hydrogen) atoms. The Morgan fingerprint density at radius 1 is 1.11 bits per heavy atom. The largest absolute Gasteiger partial charge is 0.455 e. The molecule has 1 heterocycles. The summed E-state index contributed by atoms with van der Waals surface area (Å²) in [5.41, 5.74) is -0.403. The van der Waals surface area contributed by atoms with Crippen molar-refractivity contribution in [2.75, 3.05) is 0 Å². The summed E-state index contributed by atoms with van der Waals surface area (Å²) in [5.74, 6) is -0.844. The van der Waals surface area contributed by atoms with Gasteiger partial charge < -0.3 is 14.2 Å². The fourth-order valence-electron chi connectivity index (χ4n) is 2.61. The van der Waals surface area contributed by atoms with Crippen molar-refractivity contribution in [3.8, 4) is 0 Å². The molecule has 0 saturated carbocycles. The van der Waals surface area contributed by atoms with Gasteiger partial charge in [-0.2, -0.15) is 0 Å². The van der Waals surface area contributed by atoms with Gasteiger partial charge in [-0.05, 0) is 12.8 Å². The van der Waals surface area contributed by atoms with Crippen LogP contribution in [-0.4, -0.2) is 29.9 Å². The zero-order valence-corrected chi connectivity index (χ0v) is 11.7. The number of carbonyl (C=O) groups excluding carboxylic acids is 2. The SMILES string of the molecule is CCC1(CC)OC(OC(C)=O)C(OC(C)=O)[C@H]1C. The van der Waals surface area contributed by atoms with E-state index in [9.17, 15) is 9.59 Å². The summed E-state index contributed by atoms with van der Waals surface area (Å²) in [6.07, 6.45) is 0.216. The molecule has 0 radical (unpaired) electrons. The average molecular weight is 258 g/mol. The fraction of sp³-hybridized carbons (Fsp3) is 0.846. The molecule has 1 fully saturated rings. The van der Waals surface area contributed by atoms with E-state index in [2.05, 4.69) is 0 Å². The molecule has 1 rings (SSSR count). The number of ether oxygens (including phenoxy) is 3. The van der Waals surface area contributed by atoms with E-state index in [-0.39, 0.29) is 5.92 Å². The minimum Gasteiger partial charge on any atom is -0.455 e. The Morgan fingerprint density at radius 3 is 2.00 bits per heavy atom. The van der Waals surface area contributed by atoms with Crippen molar-refractivity contribution in [3.05, 3.63) is 0 Å². The van der Waals surface area contributed by atoms with Gasteiger partial charge in [-0.15, -0.1) is 0 Å². The summed E-state index contributed by atoms with van der Waals surface area (Å²) in [7, 11) is 0. The third kappa shape index (κ3) is 2.83. The van der Waals surface area contributed by atoms with Crippen LogP contribution in [0.25, 0.3) is 0 Å². The lowest BCUT2D eigenvalue weighted by Crippen LogP contribution is -2.37. The van der Waals surface area contributed by atoms with Gasteiger partial charge in [0, 0.05) is 19.8 Å². The number of carbonyl (C=O) groups is 2. The van der Waals surface area contributed by atoms with Crippen molar-refractivity contribution in [1.82, 2.24) is 0 Å². The molecule has 2 unspecified atom stereocenters. The highest BCUT2D eigenvalue weighted by atomic mass is 16.7. The van der Waals surface area contributed by atoms with Gasteiger partial charge in [0.25, 0.3) is 0 Å². The van der Waals surface area contributed by atoms with Crippen molar-refractivity contribution >= 4 is 11.9 Å². The average Bonchev–Trinajstić information content (AvgIpc) is 2.53. The van der Waals surface area contributed by atoms with E-state index in [0.717, 1.165) is 12.8 Å². The van der Waals surface area contributed by atoms with Crippen LogP contribution in [0.15, 0.2) is 0 Å². The first-order chi connectivity index (χ1) is 8.36. The van der Waals surface area contributed by atoms with Gasteiger partial charge in [0.2, 0.25) is 6.29 Å². The molecular weight excluding hydrogens is 236 g/mol. The van der Waals surface area contributed by atoms with Crippen molar-refractivity contribution in [3.63, 3.8) is 0 Å². The van der Waals surface area contributed by atoms with Crippen LogP contribution in [0.5, 0.6) is 0 Å². The molecule has 0 N–H and O–H groups in total. The summed E-state index contributed by atoms with van der Waals surface area (Å²) < 4.78 is 16.2. The van der Waals surface area contributed by atoms with Crippen LogP contribution >= 0.6 is 0 Å². The maximum absolute atomic E-state index is 11.1.